The maximum Gasteiger partial charge on any atom is 0.338 e. The summed E-state index contributed by atoms with van der Waals surface area (Å²) in [5, 5.41) is 0.773. The Balaban J connectivity index is 1.48. The van der Waals surface area contributed by atoms with E-state index in [1.54, 1.807) is 0 Å². The first-order valence-corrected chi connectivity index (χ1v) is 8.72. The van der Waals surface area contributed by atoms with Gasteiger partial charge in [0.05, 0.1) is 5.56 Å². The molecule has 0 aliphatic carbocycles. The Morgan fingerprint density at radius 2 is 1.88 bits per heavy atom. The van der Waals surface area contributed by atoms with Gasteiger partial charge in [-0.3, -0.25) is 4.90 Å². The second-order valence-electron chi connectivity index (χ2n) is 6.38. The summed E-state index contributed by atoms with van der Waals surface area (Å²) in [6.07, 6.45) is 1.76. The monoisotopic (exact) mass is 343 g/mol. The molecule has 0 atom stereocenters. The number of likely N-dealkylation sites (tertiary alicyclic amines) is 1. The fourth-order valence-corrected chi connectivity index (χ4v) is 3.20. The van der Waals surface area contributed by atoms with Gasteiger partial charge in [-0.1, -0.05) is 41.4 Å². The molecule has 3 rings (SSSR count). The normalized spacial score (nSPS) is 16.1. The lowest BCUT2D eigenvalue weighted by Gasteiger charge is -2.31. The van der Waals surface area contributed by atoms with Gasteiger partial charge in [-0.05, 0) is 49.6 Å². The molecule has 126 valence electrons. The van der Waals surface area contributed by atoms with E-state index >= 15 is 0 Å². The number of aryl methyl sites for hydroxylation is 1. The number of benzene rings is 2. The molecule has 24 heavy (non-hydrogen) atoms. The molecule has 1 aliphatic rings. The van der Waals surface area contributed by atoms with Crippen LogP contribution in [0.2, 0.25) is 5.02 Å². The van der Waals surface area contributed by atoms with E-state index in [0.29, 0.717) is 5.56 Å². The zero-order valence-electron chi connectivity index (χ0n) is 13.9. The summed E-state index contributed by atoms with van der Waals surface area (Å²) in [6, 6.07) is 15.5. The van der Waals surface area contributed by atoms with Crippen molar-refractivity contribution in [3.63, 3.8) is 0 Å². The molecular weight excluding hydrogens is 322 g/mol. The van der Waals surface area contributed by atoms with Crippen molar-refractivity contribution in [3.05, 3.63) is 70.2 Å². The summed E-state index contributed by atoms with van der Waals surface area (Å²) < 4.78 is 5.65. The van der Waals surface area contributed by atoms with Crippen LogP contribution in [0.5, 0.6) is 0 Å². The van der Waals surface area contributed by atoms with Crippen molar-refractivity contribution in [3.8, 4) is 0 Å². The molecule has 0 bridgehead atoms. The molecular formula is C20H22ClNO2. The summed E-state index contributed by atoms with van der Waals surface area (Å²) in [5.41, 5.74) is 2.99. The summed E-state index contributed by atoms with van der Waals surface area (Å²) >= 11 is 6.03. The Kier molecular flexibility index (Phi) is 5.54. The van der Waals surface area contributed by atoms with Gasteiger partial charge in [0.2, 0.25) is 0 Å². The minimum Gasteiger partial charge on any atom is -0.459 e. The molecule has 0 N–H and O–H groups in total. The minimum atomic E-state index is -0.219. The van der Waals surface area contributed by atoms with Gasteiger partial charge in [-0.2, -0.15) is 0 Å². The average molecular weight is 344 g/mol. The van der Waals surface area contributed by atoms with Crippen LogP contribution in [0.3, 0.4) is 0 Å². The van der Waals surface area contributed by atoms with Crippen LogP contribution in [0.4, 0.5) is 0 Å². The van der Waals surface area contributed by atoms with E-state index < -0.39 is 0 Å². The predicted molar refractivity (Wildman–Crippen MR) is 96.3 cm³/mol. The third-order valence-corrected chi connectivity index (χ3v) is 4.63. The fraction of sp³-hybridized carbons (Fsp3) is 0.350. The lowest BCUT2D eigenvalue weighted by atomic mass is 10.1. The van der Waals surface area contributed by atoms with Gasteiger partial charge in [0.1, 0.15) is 6.10 Å². The van der Waals surface area contributed by atoms with Gasteiger partial charge in [0.15, 0.2) is 0 Å². The maximum absolute atomic E-state index is 12.2. The van der Waals surface area contributed by atoms with Crippen LogP contribution in [0.1, 0.15) is 34.3 Å². The lowest BCUT2D eigenvalue weighted by molar-refractivity contribution is 0.0104. The van der Waals surface area contributed by atoms with Crippen LogP contribution < -0.4 is 0 Å². The van der Waals surface area contributed by atoms with Gasteiger partial charge < -0.3 is 4.74 Å². The number of carbonyl (C=O) groups is 1. The predicted octanol–water partition coefficient (Wildman–Crippen LogP) is 4.47. The third kappa shape index (κ3) is 4.59. The number of carbonyl (C=O) groups excluding carboxylic acids is 1. The zero-order chi connectivity index (χ0) is 16.9. The smallest absolute Gasteiger partial charge is 0.338 e. The van der Waals surface area contributed by atoms with Crippen molar-refractivity contribution in [2.45, 2.75) is 32.4 Å². The minimum absolute atomic E-state index is 0.00872. The molecule has 2 aromatic carbocycles. The number of ether oxygens (including phenoxy) is 1. The Morgan fingerprint density at radius 1 is 1.17 bits per heavy atom. The molecule has 0 amide bonds. The van der Waals surface area contributed by atoms with Crippen molar-refractivity contribution >= 4 is 17.6 Å². The fourth-order valence-electron chi connectivity index (χ4n) is 2.99. The molecule has 1 heterocycles. The second-order valence-corrected chi connectivity index (χ2v) is 6.81. The van der Waals surface area contributed by atoms with E-state index in [1.165, 1.54) is 5.56 Å². The molecule has 1 fully saturated rings. The van der Waals surface area contributed by atoms with Crippen LogP contribution in [-0.2, 0) is 11.3 Å². The quantitative estimate of drug-likeness (QED) is 0.767. The standard InChI is InChI=1S/C20H22ClNO2/c1-15-5-7-17(8-6-15)20(23)24-19-9-11-22(12-10-19)14-16-3-2-4-18(21)13-16/h2-8,13,19H,9-12,14H2,1H3. The number of piperidine rings is 1. The van der Waals surface area contributed by atoms with E-state index in [1.807, 2.05) is 49.4 Å². The topological polar surface area (TPSA) is 29.5 Å². The van der Waals surface area contributed by atoms with Crippen molar-refractivity contribution in [2.24, 2.45) is 0 Å². The SMILES string of the molecule is Cc1ccc(C(=O)OC2CCN(Cc3cccc(Cl)c3)CC2)cc1. The van der Waals surface area contributed by atoms with E-state index in [4.69, 9.17) is 16.3 Å². The Morgan fingerprint density at radius 3 is 2.54 bits per heavy atom. The highest BCUT2D eigenvalue weighted by atomic mass is 35.5. The molecule has 1 saturated heterocycles. The maximum atomic E-state index is 12.2. The van der Waals surface area contributed by atoms with Crippen LogP contribution in [-0.4, -0.2) is 30.1 Å². The highest BCUT2D eigenvalue weighted by molar-refractivity contribution is 6.30. The molecule has 3 nitrogen and oxygen atoms in total. The lowest BCUT2D eigenvalue weighted by Crippen LogP contribution is -2.37. The third-order valence-electron chi connectivity index (χ3n) is 4.39. The largest absolute Gasteiger partial charge is 0.459 e. The van der Waals surface area contributed by atoms with Crippen LogP contribution in [0.25, 0.3) is 0 Å². The number of hydrogen-bond acceptors (Lipinski definition) is 3. The average Bonchev–Trinajstić information content (AvgIpc) is 2.57. The number of nitrogens with zero attached hydrogens (tertiary/aromatic N) is 1. The Hall–Kier alpha value is -1.84. The molecule has 0 saturated carbocycles. The second kappa shape index (κ2) is 7.82. The summed E-state index contributed by atoms with van der Waals surface area (Å²) in [5.74, 6) is -0.219. The molecule has 2 aromatic rings. The number of rotatable bonds is 4. The first kappa shape index (κ1) is 17.0. The summed E-state index contributed by atoms with van der Waals surface area (Å²) in [6.45, 7) is 4.75. The Bertz CT molecular complexity index is 691. The van der Waals surface area contributed by atoms with Gasteiger partial charge >= 0.3 is 5.97 Å². The van der Waals surface area contributed by atoms with Gasteiger partial charge in [0, 0.05) is 24.7 Å². The molecule has 1 aliphatic heterocycles. The zero-order valence-corrected chi connectivity index (χ0v) is 14.6. The van der Waals surface area contributed by atoms with Crippen LogP contribution >= 0.6 is 11.6 Å². The highest BCUT2D eigenvalue weighted by Gasteiger charge is 2.22. The van der Waals surface area contributed by atoms with E-state index in [2.05, 4.69) is 11.0 Å². The van der Waals surface area contributed by atoms with Crippen molar-refractivity contribution in [2.75, 3.05) is 13.1 Å². The Labute approximate surface area is 148 Å². The molecule has 0 radical (unpaired) electrons. The number of halogens is 1. The summed E-state index contributed by atoms with van der Waals surface area (Å²) in [7, 11) is 0. The van der Waals surface area contributed by atoms with Gasteiger partial charge in [-0.15, -0.1) is 0 Å². The van der Waals surface area contributed by atoms with Crippen LogP contribution in [0, 0.1) is 6.92 Å². The summed E-state index contributed by atoms with van der Waals surface area (Å²) in [4.78, 5) is 14.6. The molecule has 0 aromatic heterocycles. The van der Waals surface area contributed by atoms with E-state index in [0.717, 1.165) is 43.1 Å². The van der Waals surface area contributed by atoms with Crippen molar-refractivity contribution in [1.82, 2.24) is 4.90 Å². The van der Waals surface area contributed by atoms with E-state index in [9.17, 15) is 4.79 Å². The van der Waals surface area contributed by atoms with Gasteiger partial charge in [0.25, 0.3) is 0 Å². The van der Waals surface area contributed by atoms with Crippen molar-refractivity contribution in [1.29, 1.82) is 0 Å². The van der Waals surface area contributed by atoms with E-state index in [-0.39, 0.29) is 12.1 Å². The highest BCUT2D eigenvalue weighted by Crippen LogP contribution is 2.19. The molecule has 0 spiro atoms. The molecule has 4 heteroatoms. The van der Waals surface area contributed by atoms with Gasteiger partial charge in [-0.25, -0.2) is 4.79 Å². The first-order valence-electron chi connectivity index (χ1n) is 8.34. The number of esters is 1. The van der Waals surface area contributed by atoms with Crippen LogP contribution in [0.15, 0.2) is 48.5 Å². The molecule has 0 unspecified atom stereocenters. The van der Waals surface area contributed by atoms with Crippen molar-refractivity contribution < 1.29 is 9.53 Å². The number of hydrogen-bond donors (Lipinski definition) is 0. The first-order chi connectivity index (χ1) is 11.6.